The Kier molecular flexibility index (Phi) is 5.42. The molecule has 8 nitrogen and oxygen atoms in total. The monoisotopic (exact) mass is 441 g/mol. The Balaban J connectivity index is 1.41. The maximum Gasteiger partial charge on any atom is 0.197 e. The van der Waals surface area contributed by atoms with Crippen LogP contribution in [0.2, 0.25) is 0 Å². The van der Waals surface area contributed by atoms with Gasteiger partial charge in [-0.05, 0) is 42.7 Å². The Morgan fingerprint density at radius 2 is 2.09 bits per heavy atom. The fraction of sp³-hybridized carbons (Fsp3) is 0.280. The molecule has 1 aromatic carbocycles. The average molecular weight is 442 g/mol. The Labute approximate surface area is 192 Å². The number of aromatic nitrogens is 2. The molecule has 0 atom stereocenters. The number of fused-ring (bicyclic) bond motifs is 1. The summed E-state index contributed by atoms with van der Waals surface area (Å²) in [6.45, 7) is 1.45. The van der Waals surface area contributed by atoms with Crippen molar-refractivity contribution in [3.05, 3.63) is 76.8 Å². The standard InChI is InChI=1S/C25H27N7O/c1-29-13-18(12-26)16-4-5-20(27)19(10-16)24(28)17-6-8-30-23(11-17)32-9-7-22-21(14-32)31-25(33-22)15-2-3-15/h4-6,8,10-13,15,26,28-29H,2-3,7,9,14,27H2,1H3/b18-13+,26-12?,28-24?. The minimum Gasteiger partial charge on any atom is -0.445 e. The minimum atomic E-state index is 0.321. The highest BCUT2D eigenvalue weighted by Gasteiger charge is 2.32. The summed E-state index contributed by atoms with van der Waals surface area (Å²) in [7, 11) is 1.79. The molecule has 0 radical (unpaired) electrons. The Morgan fingerprint density at radius 1 is 1.24 bits per heavy atom. The number of hydrogen-bond acceptors (Lipinski definition) is 8. The first kappa shape index (κ1) is 20.9. The van der Waals surface area contributed by atoms with Gasteiger partial charge in [-0.25, -0.2) is 9.97 Å². The second-order valence-electron chi connectivity index (χ2n) is 8.48. The summed E-state index contributed by atoms with van der Waals surface area (Å²) in [4.78, 5) is 11.5. The van der Waals surface area contributed by atoms with Crippen molar-refractivity contribution in [3.8, 4) is 0 Å². The first-order valence-corrected chi connectivity index (χ1v) is 11.1. The lowest BCUT2D eigenvalue weighted by Gasteiger charge is -2.26. The summed E-state index contributed by atoms with van der Waals surface area (Å²) in [6, 6.07) is 9.26. The normalized spacial score (nSPS) is 15.8. The van der Waals surface area contributed by atoms with E-state index in [0.717, 1.165) is 47.3 Å². The van der Waals surface area contributed by atoms with Crippen LogP contribution >= 0.6 is 0 Å². The molecule has 168 valence electrons. The predicted molar refractivity (Wildman–Crippen MR) is 130 cm³/mol. The Bertz CT molecular complexity index is 1260. The highest BCUT2D eigenvalue weighted by Crippen LogP contribution is 2.41. The minimum absolute atomic E-state index is 0.321. The summed E-state index contributed by atoms with van der Waals surface area (Å²) in [5.41, 5.74) is 11.0. The fourth-order valence-corrected chi connectivity index (χ4v) is 4.14. The highest BCUT2D eigenvalue weighted by atomic mass is 16.4. The second-order valence-corrected chi connectivity index (χ2v) is 8.48. The number of nitrogens with two attached hydrogens (primary N) is 1. The maximum atomic E-state index is 8.85. The summed E-state index contributed by atoms with van der Waals surface area (Å²) >= 11 is 0. The van der Waals surface area contributed by atoms with Gasteiger partial charge in [0.15, 0.2) is 5.89 Å². The van der Waals surface area contributed by atoms with Gasteiger partial charge >= 0.3 is 0 Å². The third-order valence-corrected chi connectivity index (χ3v) is 6.14. The van der Waals surface area contributed by atoms with Gasteiger partial charge in [-0.2, -0.15) is 0 Å². The molecular weight excluding hydrogens is 414 g/mol. The molecule has 2 aliphatic rings. The second kappa shape index (κ2) is 8.54. The molecule has 5 rings (SSSR count). The van der Waals surface area contributed by atoms with Gasteiger partial charge in [0.1, 0.15) is 17.3 Å². The molecule has 33 heavy (non-hydrogen) atoms. The summed E-state index contributed by atoms with van der Waals surface area (Å²) in [6.07, 6.45) is 7.91. The van der Waals surface area contributed by atoms with Crippen molar-refractivity contribution in [2.75, 3.05) is 24.2 Å². The van der Waals surface area contributed by atoms with Crippen LogP contribution in [0.1, 0.15) is 52.8 Å². The molecule has 2 aromatic heterocycles. The zero-order valence-electron chi connectivity index (χ0n) is 18.6. The topological polar surface area (TPSA) is 128 Å². The van der Waals surface area contributed by atoms with Gasteiger partial charge in [-0.1, -0.05) is 6.07 Å². The fourth-order valence-electron chi connectivity index (χ4n) is 4.14. The molecule has 0 amide bonds. The molecule has 3 heterocycles. The van der Waals surface area contributed by atoms with E-state index in [9.17, 15) is 0 Å². The number of anilines is 2. The molecule has 1 aliphatic carbocycles. The molecule has 3 aromatic rings. The molecular formula is C25H27N7O. The molecule has 8 heteroatoms. The molecule has 5 N–H and O–H groups in total. The highest BCUT2D eigenvalue weighted by molar-refractivity contribution is 6.15. The van der Waals surface area contributed by atoms with Crippen LogP contribution in [0, 0.1) is 10.8 Å². The predicted octanol–water partition coefficient (Wildman–Crippen LogP) is 3.72. The van der Waals surface area contributed by atoms with Crippen LogP contribution in [-0.4, -0.2) is 35.5 Å². The van der Waals surface area contributed by atoms with Crippen LogP contribution in [0.4, 0.5) is 11.5 Å². The molecule has 0 bridgehead atoms. The first-order chi connectivity index (χ1) is 16.1. The van der Waals surface area contributed by atoms with Crippen molar-refractivity contribution >= 4 is 29.0 Å². The molecule has 1 fully saturated rings. The average Bonchev–Trinajstić information content (AvgIpc) is 3.61. The summed E-state index contributed by atoms with van der Waals surface area (Å²) in [5, 5.41) is 19.5. The van der Waals surface area contributed by atoms with Gasteiger partial charge < -0.3 is 25.8 Å². The lowest BCUT2D eigenvalue weighted by atomic mass is 9.97. The number of rotatable bonds is 7. The number of nitrogens with one attached hydrogen (secondary N) is 3. The van der Waals surface area contributed by atoms with E-state index < -0.39 is 0 Å². The molecule has 0 saturated heterocycles. The summed E-state index contributed by atoms with van der Waals surface area (Å²) in [5.74, 6) is 3.20. The SMILES string of the molecule is CN/C=C(\C=N)c1ccc(N)c(C(=N)c2ccnc(N3CCc4oc(C5CC5)nc4C3)c2)c1. The maximum absolute atomic E-state index is 8.85. The van der Waals surface area contributed by atoms with Gasteiger partial charge in [0.25, 0.3) is 0 Å². The lowest BCUT2D eigenvalue weighted by molar-refractivity contribution is 0.447. The third-order valence-electron chi connectivity index (χ3n) is 6.14. The van der Waals surface area contributed by atoms with E-state index in [1.165, 1.54) is 19.1 Å². The first-order valence-electron chi connectivity index (χ1n) is 11.1. The van der Waals surface area contributed by atoms with Gasteiger partial charge in [0, 0.05) is 66.9 Å². The van der Waals surface area contributed by atoms with Crippen LogP contribution in [0.3, 0.4) is 0 Å². The number of nitrogen functional groups attached to an aromatic ring is 1. The molecule has 1 aliphatic heterocycles. The van der Waals surface area contributed by atoms with Crippen molar-refractivity contribution in [2.45, 2.75) is 31.7 Å². The Hall–Kier alpha value is -3.94. The number of oxazole rings is 1. The van der Waals surface area contributed by atoms with Crippen molar-refractivity contribution in [1.29, 1.82) is 10.8 Å². The van der Waals surface area contributed by atoms with Gasteiger partial charge in [-0.15, -0.1) is 0 Å². The zero-order valence-corrected chi connectivity index (χ0v) is 18.6. The van der Waals surface area contributed by atoms with Crippen molar-refractivity contribution < 1.29 is 4.42 Å². The van der Waals surface area contributed by atoms with Crippen LogP contribution in [0.5, 0.6) is 0 Å². The van der Waals surface area contributed by atoms with Crippen LogP contribution in [0.25, 0.3) is 5.57 Å². The molecule has 0 unspecified atom stereocenters. The molecule has 1 saturated carbocycles. The smallest absolute Gasteiger partial charge is 0.197 e. The zero-order chi connectivity index (χ0) is 22.9. The van der Waals surface area contributed by atoms with E-state index in [1.807, 2.05) is 24.3 Å². The number of nitrogens with zero attached hydrogens (tertiary/aromatic N) is 3. The van der Waals surface area contributed by atoms with Crippen molar-refractivity contribution in [3.63, 3.8) is 0 Å². The van der Waals surface area contributed by atoms with E-state index in [1.54, 1.807) is 25.5 Å². The van der Waals surface area contributed by atoms with E-state index >= 15 is 0 Å². The van der Waals surface area contributed by atoms with E-state index in [4.69, 9.17) is 26.0 Å². The van der Waals surface area contributed by atoms with Crippen LogP contribution < -0.4 is 16.0 Å². The van der Waals surface area contributed by atoms with E-state index in [0.29, 0.717) is 35.0 Å². The number of allylic oxidation sites excluding steroid dienone is 1. The van der Waals surface area contributed by atoms with Crippen LogP contribution in [0.15, 0.2) is 47.1 Å². The van der Waals surface area contributed by atoms with Crippen LogP contribution in [-0.2, 0) is 13.0 Å². The number of hydrogen-bond donors (Lipinski definition) is 4. The van der Waals surface area contributed by atoms with Crippen molar-refractivity contribution in [1.82, 2.24) is 15.3 Å². The van der Waals surface area contributed by atoms with Gasteiger partial charge in [0.2, 0.25) is 0 Å². The molecule has 0 spiro atoms. The Morgan fingerprint density at radius 3 is 2.85 bits per heavy atom. The van der Waals surface area contributed by atoms with Crippen molar-refractivity contribution in [2.24, 2.45) is 0 Å². The van der Waals surface area contributed by atoms with Gasteiger partial charge in [0.05, 0.1) is 12.3 Å². The quantitative estimate of drug-likeness (QED) is 0.327. The van der Waals surface area contributed by atoms with E-state index in [-0.39, 0.29) is 0 Å². The lowest BCUT2D eigenvalue weighted by Crippen LogP contribution is -2.30. The largest absolute Gasteiger partial charge is 0.445 e. The number of pyridine rings is 1. The third kappa shape index (κ3) is 4.11. The number of benzene rings is 1. The van der Waals surface area contributed by atoms with Gasteiger partial charge in [-0.3, -0.25) is 5.41 Å². The summed E-state index contributed by atoms with van der Waals surface area (Å²) < 4.78 is 5.97. The van der Waals surface area contributed by atoms with E-state index in [2.05, 4.69) is 15.2 Å².